The molecular weight excluding hydrogens is 552 g/mol. The number of esters is 1. The predicted octanol–water partition coefficient (Wildman–Crippen LogP) is 6.01. The number of aryl methyl sites for hydroxylation is 2. The van der Waals surface area contributed by atoms with Gasteiger partial charge in [0.25, 0.3) is 5.91 Å². The van der Waals surface area contributed by atoms with Crippen LogP contribution >= 0.6 is 0 Å². The van der Waals surface area contributed by atoms with Gasteiger partial charge in [0.1, 0.15) is 11.5 Å². The highest BCUT2D eigenvalue weighted by molar-refractivity contribution is 7.89. The number of benzene rings is 2. The van der Waals surface area contributed by atoms with Crippen LogP contribution in [-0.4, -0.2) is 42.7 Å². The number of ether oxygens (including phenoxy) is 1. The van der Waals surface area contributed by atoms with Gasteiger partial charge in [-0.3, -0.25) is 4.79 Å². The van der Waals surface area contributed by atoms with E-state index in [0.29, 0.717) is 23.8 Å². The van der Waals surface area contributed by atoms with Crippen molar-refractivity contribution in [2.45, 2.75) is 59.5 Å². The Balaban J connectivity index is 1.67. The molecular formula is C33H38N2O6S. The van der Waals surface area contributed by atoms with E-state index in [4.69, 9.17) is 9.15 Å². The third kappa shape index (κ3) is 6.91. The Morgan fingerprint density at radius 1 is 0.952 bits per heavy atom. The molecule has 0 radical (unpaired) electrons. The van der Waals surface area contributed by atoms with E-state index in [1.165, 1.54) is 10.4 Å². The van der Waals surface area contributed by atoms with Crippen molar-refractivity contribution in [1.82, 2.24) is 9.21 Å². The van der Waals surface area contributed by atoms with Gasteiger partial charge in [-0.25, -0.2) is 13.2 Å². The van der Waals surface area contributed by atoms with Crippen LogP contribution < -0.4 is 0 Å². The fourth-order valence-electron chi connectivity index (χ4n) is 4.77. The highest BCUT2D eigenvalue weighted by Crippen LogP contribution is 2.33. The molecule has 222 valence electrons. The van der Waals surface area contributed by atoms with Gasteiger partial charge < -0.3 is 14.1 Å². The van der Waals surface area contributed by atoms with E-state index < -0.39 is 16.0 Å². The number of allylic oxidation sites excluding steroid dienone is 1. The number of carbonyl (C=O) groups is 2. The maximum absolute atomic E-state index is 13.8. The molecule has 0 bridgehead atoms. The molecule has 0 N–H and O–H groups in total. The molecule has 1 aliphatic rings. The van der Waals surface area contributed by atoms with Crippen LogP contribution in [0.4, 0.5) is 0 Å². The monoisotopic (exact) mass is 590 g/mol. The summed E-state index contributed by atoms with van der Waals surface area (Å²) in [6, 6.07) is 17.8. The summed E-state index contributed by atoms with van der Waals surface area (Å²) < 4.78 is 40.2. The zero-order chi connectivity index (χ0) is 30.6. The van der Waals surface area contributed by atoms with Crippen molar-refractivity contribution in [1.29, 1.82) is 0 Å². The smallest absolute Gasteiger partial charge is 0.340 e. The zero-order valence-corrected chi connectivity index (χ0v) is 25.8. The number of sulfonamides is 1. The van der Waals surface area contributed by atoms with Gasteiger partial charge in [0.05, 0.1) is 29.2 Å². The Labute approximate surface area is 248 Å². The molecule has 1 aliphatic heterocycles. The molecule has 8 nitrogen and oxygen atoms in total. The first-order valence-electron chi connectivity index (χ1n) is 14.0. The molecule has 0 fully saturated rings. The van der Waals surface area contributed by atoms with E-state index >= 15 is 0 Å². The molecule has 2 heterocycles. The quantitative estimate of drug-likeness (QED) is 0.201. The SMILES string of the molecule is CCOC(=O)C1=C(C)N(CC(C)C)C(=O)/C1=C/c1ccc(CN(Cc2ccc(C)cc2)S(=O)(=O)c2ccc(C)cc2)o1. The third-order valence-corrected chi connectivity index (χ3v) is 8.78. The summed E-state index contributed by atoms with van der Waals surface area (Å²) in [5, 5.41) is 0. The van der Waals surface area contributed by atoms with Crippen LogP contribution in [0.1, 0.15) is 55.9 Å². The molecule has 0 saturated carbocycles. The van der Waals surface area contributed by atoms with Crippen LogP contribution in [0.2, 0.25) is 0 Å². The fraction of sp³-hybridized carbons (Fsp3) is 0.333. The first kappa shape index (κ1) is 31.0. The molecule has 1 aromatic heterocycles. The lowest BCUT2D eigenvalue weighted by Gasteiger charge is -2.22. The minimum absolute atomic E-state index is 0.0275. The summed E-state index contributed by atoms with van der Waals surface area (Å²) in [7, 11) is -3.87. The molecule has 0 aliphatic carbocycles. The average molecular weight is 591 g/mol. The second-order valence-corrected chi connectivity index (χ2v) is 12.9. The van der Waals surface area contributed by atoms with Crippen LogP contribution in [0.5, 0.6) is 0 Å². The summed E-state index contributed by atoms with van der Waals surface area (Å²) in [5.74, 6) is 0.0491. The van der Waals surface area contributed by atoms with Crippen LogP contribution in [0, 0.1) is 19.8 Å². The molecule has 42 heavy (non-hydrogen) atoms. The van der Waals surface area contributed by atoms with E-state index in [1.54, 1.807) is 55.1 Å². The van der Waals surface area contributed by atoms with Crippen LogP contribution in [0.3, 0.4) is 0 Å². The highest BCUT2D eigenvalue weighted by atomic mass is 32.2. The normalized spacial score (nSPS) is 15.0. The van der Waals surface area contributed by atoms with Crippen molar-refractivity contribution in [3.8, 4) is 0 Å². The first-order chi connectivity index (χ1) is 19.9. The first-order valence-corrected chi connectivity index (χ1v) is 15.5. The number of rotatable bonds is 11. The maximum atomic E-state index is 13.8. The van der Waals surface area contributed by atoms with Crippen molar-refractivity contribution in [3.63, 3.8) is 0 Å². The van der Waals surface area contributed by atoms with Crippen LogP contribution in [-0.2, 0) is 37.4 Å². The molecule has 0 unspecified atom stereocenters. The summed E-state index contributed by atoms with van der Waals surface area (Å²) in [6.45, 7) is 12.1. The Kier molecular flexibility index (Phi) is 9.53. The van der Waals surface area contributed by atoms with Crippen LogP contribution in [0.25, 0.3) is 6.08 Å². The van der Waals surface area contributed by atoms with E-state index in [-0.39, 0.29) is 47.6 Å². The van der Waals surface area contributed by atoms with Crippen molar-refractivity contribution in [2.24, 2.45) is 5.92 Å². The number of carbonyl (C=O) groups excluding carboxylic acids is 2. The Bertz CT molecular complexity index is 1610. The highest BCUT2D eigenvalue weighted by Gasteiger charge is 2.37. The Morgan fingerprint density at radius 2 is 1.57 bits per heavy atom. The van der Waals surface area contributed by atoms with Crippen molar-refractivity contribution >= 4 is 28.0 Å². The van der Waals surface area contributed by atoms with Gasteiger partial charge in [-0.1, -0.05) is 61.4 Å². The second-order valence-electron chi connectivity index (χ2n) is 10.9. The van der Waals surface area contributed by atoms with Gasteiger partial charge in [-0.15, -0.1) is 0 Å². The molecule has 0 spiro atoms. The summed E-state index contributed by atoms with van der Waals surface area (Å²) >= 11 is 0. The lowest BCUT2D eigenvalue weighted by Crippen LogP contribution is -2.30. The summed E-state index contributed by atoms with van der Waals surface area (Å²) in [6.07, 6.45) is 1.53. The van der Waals surface area contributed by atoms with Crippen molar-refractivity contribution < 1.29 is 27.2 Å². The van der Waals surface area contributed by atoms with E-state index in [0.717, 1.165) is 16.7 Å². The van der Waals surface area contributed by atoms with Gasteiger partial charge in [-0.05, 0) is 69.5 Å². The van der Waals surface area contributed by atoms with Gasteiger partial charge in [0.2, 0.25) is 10.0 Å². The minimum Gasteiger partial charge on any atom is -0.462 e. The van der Waals surface area contributed by atoms with E-state index in [9.17, 15) is 18.0 Å². The predicted molar refractivity (Wildman–Crippen MR) is 161 cm³/mol. The topological polar surface area (TPSA) is 97.1 Å². The molecule has 2 aromatic carbocycles. The lowest BCUT2D eigenvalue weighted by atomic mass is 10.1. The largest absolute Gasteiger partial charge is 0.462 e. The number of hydrogen-bond donors (Lipinski definition) is 0. The minimum atomic E-state index is -3.87. The van der Waals surface area contributed by atoms with E-state index in [2.05, 4.69) is 0 Å². The Hall–Kier alpha value is -3.95. The van der Waals surface area contributed by atoms with Crippen molar-refractivity contribution in [2.75, 3.05) is 13.2 Å². The Morgan fingerprint density at radius 3 is 2.17 bits per heavy atom. The number of hydrogen-bond acceptors (Lipinski definition) is 6. The standard InChI is InChI=1S/C33H38N2O6S/c1-7-40-33(37)31-25(6)35(19-22(2)3)32(36)30(31)18-27-14-15-28(41-27)21-34(20-26-12-8-23(4)9-13-26)42(38,39)29-16-10-24(5)11-17-29/h8-18,22H,7,19-21H2,1-6H3/b30-18+. The molecule has 1 amide bonds. The molecule has 3 aromatic rings. The van der Waals surface area contributed by atoms with Gasteiger partial charge >= 0.3 is 5.97 Å². The number of furan rings is 1. The second kappa shape index (κ2) is 12.9. The van der Waals surface area contributed by atoms with Gasteiger partial charge in [-0.2, -0.15) is 4.31 Å². The summed E-state index contributed by atoms with van der Waals surface area (Å²) in [4.78, 5) is 28.0. The molecule has 4 rings (SSSR count). The van der Waals surface area contributed by atoms with Gasteiger partial charge in [0, 0.05) is 18.8 Å². The third-order valence-electron chi connectivity index (χ3n) is 6.98. The molecule has 0 saturated heterocycles. The molecule has 0 atom stereocenters. The van der Waals surface area contributed by atoms with Crippen LogP contribution in [0.15, 0.2) is 86.8 Å². The zero-order valence-electron chi connectivity index (χ0n) is 25.0. The fourth-order valence-corrected chi connectivity index (χ4v) is 6.16. The number of amides is 1. The van der Waals surface area contributed by atoms with Gasteiger partial charge in [0.15, 0.2) is 0 Å². The van der Waals surface area contributed by atoms with E-state index in [1.807, 2.05) is 52.0 Å². The summed E-state index contributed by atoms with van der Waals surface area (Å²) in [5.41, 5.74) is 3.82. The molecule has 9 heteroatoms. The number of nitrogens with zero attached hydrogens (tertiary/aromatic N) is 2. The average Bonchev–Trinajstić information content (AvgIpc) is 3.47. The lowest BCUT2D eigenvalue weighted by molar-refractivity contribution is -0.138. The van der Waals surface area contributed by atoms with Crippen molar-refractivity contribution in [3.05, 3.63) is 106 Å². The maximum Gasteiger partial charge on any atom is 0.340 e.